The van der Waals surface area contributed by atoms with Gasteiger partial charge in [-0.25, -0.2) is 0 Å². The minimum Gasteiger partial charge on any atom is -0.302 e. The van der Waals surface area contributed by atoms with Crippen LogP contribution in [0.5, 0.6) is 0 Å². The molecule has 0 radical (unpaired) electrons. The molecular formula is C8H14N2O3S. The number of nitrogens with zero attached hydrogens (tertiary/aromatic N) is 2. The van der Waals surface area contributed by atoms with Gasteiger partial charge < -0.3 is 4.79 Å². The molecule has 0 spiro atoms. The van der Waals surface area contributed by atoms with Crippen molar-refractivity contribution in [2.24, 2.45) is 0 Å². The second-order valence-electron chi connectivity index (χ2n) is 3.73. The molecule has 2 fully saturated rings. The van der Waals surface area contributed by atoms with Gasteiger partial charge in [0.05, 0.1) is 6.54 Å². The van der Waals surface area contributed by atoms with Crippen molar-refractivity contribution in [2.75, 3.05) is 19.6 Å². The number of carbonyl (C=O) groups is 1. The molecule has 5 nitrogen and oxygen atoms in total. The van der Waals surface area contributed by atoms with Crippen molar-refractivity contribution >= 4 is 16.5 Å². The first kappa shape index (κ1) is 10.1. The topological polar surface area (TPSA) is 57.7 Å². The molecular weight excluding hydrogens is 204 g/mol. The molecule has 1 heterocycles. The lowest BCUT2D eigenvalue weighted by Crippen LogP contribution is -2.50. The Labute approximate surface area is 83.9 Å². The lowest BCUT2D eigenvalue weighted by Gasteiger charge is -2.33. The minimum atomic E-state index is -3.33. The predicted molar refractivity (Wildman–Crippen MR) is 50.9 cm³/mol. The van der Waals surface area contributed by atoms with Gasteiger partial charge in [0.2, 0.25) is 0 Å². The molecule has 6 heteroatoms. The van der Waals surface area contributed by atoms with Crippen molar-refractivity contribution in [2.45, 2.75) is 25.3 Å². The molecule has 14 heavy (non-hydrogen) atoms. The van der Waals surface area contributed by atoms with Gasteiger partial charge in [0, 0.05) is 19.1 Å². The maximum Gasteiger partial charge on any atom is 0.282 e. The van der Waals surface area contributed by atoms with E-state index in [1.54, 1.807) is 4.31 Å². The highest BCUT2D eigenvalue weighted by molar-refractivity contribution is 7.86. The maximum absolute atomic E-state index is 11.9. The third kappa shape index (κ3) is 1.69. The standard InChI is InChI=1S/C8H14N2O3S/c11-7-6-9-4-1-5-10(8-2-3-8)14(9,12)13/h7-8H,1-6H2. The molecule has 80 valence electrons. The molecule has 1 saturated heterocycles. The lowest BCUT2D eigenvalue weighted by molar-refractivity contribution is -0.108. The summed E-state index contributed by atoms with van der Waals surface area (Å²) in [4.78, 5) is 10.3. The highest BCUT2D eigenvalue weighted by atomic mass is 32.2. The SMILES string of the molecule is O=CCN1CCCN(C2CC2)S1(=O)=O. The van der Waals surface area contributed by atoms with Crippen LogP contribution in [0.2, 0.25) is 0 Å². The van der Waals surface area contributed by atoms with Crippen molar-refractivity contribution in [3.63, 3.8) is 0 Å². The molecule has 0 aromatic rings. The zero-order valence-corrected chi connectivity index (χ0v) is 8.74. The fourth-order valence-corrected chi connectivity index (χ4v) is 3.64. The van der Waals surface area contributed by atoms with Crippen molar-refractivity contribution in [1.29, 1.82) is 0 Å². The highest BCUT2D eigenvalue weighted by Gasteiger charge is 2.42. The Morgan fingerprint density at radius 2 is 2.00 bits per heavy atom. The molecule has 1 aliphatic carbocycles. The van der Waals surface area contributed by atoms with E-state index in [0.29, 0.717) is 19.4 Å². The quantitative estimate of drug-likeness (QED) is 0.606. The van der Waals surface area contributed by atoms with Crippen LogP contribution in [0.3, 0.4) is 0 Å². The van der Waals surface area contributed by atoms with E-state index in [0.717, 1.165) is 19.3 Å². The third-order valence-corrected chi connectivity index (χ3v) is 4.70. The summed E-state index contributed by atoms with van der Waals surface area (Å²) in [6.07, 6.45) is 3.40. The molecule has 2 aliphatic rings. The van der Waals surface area contributed by atoms with Crippen LogP contribution in [0.4, 0.5) is 0 Å². The number of hydrogen-bond donors (Lipinski definition) is 0. The normalized spacial score (nSPS) is 28.9. The molecule has 0 amide bonds. The molecule has 0 bridgehead atoms. The van der Waals surface area contributed by atoms with Gasteiger partial charge in [-0.3, -0.25) is 0 Å². The number of carbonyl (C=O) groups excluding carboxylic acids is 1. The Morgan fingerprint density at radius 1 is 1.29 bits per heavy atom. The maximum atomic E-state index is 11.9. The van der Waals surface area contributed by atoms with Gasteiger partial charge in [-0.1, -0.05) is 0 Å². The Hall–Kier alpha value is -0.460. The summed E-state index contributed by atoms with van der Waals surface area (Å²) in [5.74, 6) is 0. The van der Waals surface area contributed by atoms with E-state index < -0.39 is 10.2 Å². The Bertz CT molecular complexity index is 323. The summed E-state index contributed by atoms with van der Waals surface area (Å²) in [5.41, 5.74) is 0. The van der Waals surface area contributed by atoms with E-state index in [9.17, 15) is 13.2 Å². The van der Waals surface area contributed by atoms with E-state index in [1.165, 1.54) is 4.31 Å². The van der Waals surface area contributed by atoms with Crippen LogP contribution in [-0.2, 0) is 15.0 Å². The Balaban J connectivity index is 2.16. The van der Waals surface area contributed by atoms with Crippen LogP contribution >= 0.6 is 0 Å². The molecule has 0 aromatic heterocycles. The van der Waals surface area contributed by atoms with Crippen LogP contribution in [0.25, 0.3) is 0 Å². The fraction of sp³-hybridized carbons (Fsp3) is 0.875. The molecule has 0 unspecified atom stereocenters. The highest BCUT2D eigenvalue weighted by Crippen LogP contribution is 2.32. The van der Waals surface area contributed by atoms with Crippen LogP contribution in [-0.4, -0.2) is 49.0 Å². The van der Waals surface area contributed by atoms with Crippen molar-refractivity contribution in [3.8, 4) is 0 Å². The van der Waals surface area contributed by atoms with E-state index in [-0.39, 0.29) is 12.6 Å². The van der Waals surface area contributed by atoms with Gasteiger partial charge in [0.25, 0.3) is 10.2 Å². The average molecular weight is 218 g/mol. The third-order valence-electron chi connectivity index (χ3n) is 2.64. The van der Waals surface area contributed by atoms with Gasteiger partial charge >= 0.3 is 0 Å². The predicted octanol–water partition coefficient (Wildman–Crippen LogP) is -0.400. The fourth-order valence-electron chi connectivity index (χ4n) is 1.78. The van der Waals surface area contributed by atoms with Crippen molar-refractivity contribution in [1.82, 2.24) is 8.61 Å². The summed E-state index contributed by atoms with van der Waals surface area (Å²) >= 11 is 0. The minimum absolute atomic E-state index is 0.00838. The first-order chi connectivity index (χ1) is 6.66. The first-order valence-electron chi connectivity index (χ1n) is 4.87. The molecule has 0 N–H and O–H groups in total. The molecule has 0 aromatic carbocycles. The smallest absolute Gasteiger partial charge is 0.282 e. The number of hydrogen-bond acceptors (Lipinski definition) is 3. The molecule has 2 rings (SSSR count). The van der Waals surface area contributed by atoms with Gasteiger partial charge in [-0.05, 0) is 19.3 Å². The monoisotopic (exact) mass is 218 g/mol. The van der Waals surface area contributed by atoms with Crippen LogP contribution in [0, 0.1) is 0 Å². The zero-order chi connectivity index (χ0) is 10.2. The van der Waals surface area contributed by atoms with Gasteiger partial charge in [0.1, 0.15) is 6.29 Å². The Morgan fingerprint density at radius 3 is 2.57 bits per heavy atom. The van der Waals surface area contributed by atoms with E-state index in [4.69, 9.17) is 0 Å². The molecule has 1 saturated carbocycles. The van der Waals surface area contributed by atoms with Crippen molar-refractivity contribution in [3.05, 3.63) is 0 Å². The summed E-state index contributed by atoms with van der Waals surface area (Å²) in [6.45, 7) is 1.08. The number of aldehydes is 1. The molecule has 1 aliphatic heterocycles. The van der Waals surface area contributed by atoms with E-state index in [1.807, 2.05) is 0 Å². The zero-order valence-electron chi connectivity index (χ0n) is 7.92. The van der Waals surface area contributed by atoms with Crippen LogP contribution < -0.4 is 0 Å². The van der Waals surface area contributed by atoms with E-state index in [2.05, 4.69) is 0 Å². The lowest BCUT2D eigenvalue weighted by atomic mass is 10.4. The first-order valence-corrected chi connectivity index (χ1v) is 6.26. The molecule has 0 atom stereocenters. The van der Waals surface area contributed by atoms with Gasteiger partial charge in [-0.15, -0.1) is 0 Å². The second-order valence-corrected chi connectivity index (χ2v) is 5.61. The number of rotatable bonds is 3. The summed E-state index contributed by atoms with van der Waals surface area (Å²) in [6, 6.07) is 0.203. The second kappa shape index (κ2) is 3.60. The summed E-state index contributed by atoms with van der Waals surface area (Å²) < 4.78 is 26.6. The van der Waals surface area contributed by atoms with Gasteiger partial charge in [0.15, 0.2) is 0 Å². The summed E-state index contributed by atoms with van der Waals surface area (Å²) in [5, 5.41) is 0. The van der Waals surface area contributed by atoms with Gasteiger partial charge in [-0.2, -0.15) is 17.0 Å². The van der Waals surface area contributed by atoms with Crippen molar-refractivity contribution < 1.29 is 13.2 Å². The van der Waals surface area contributed by atoms with Crippen LogP contribution in [0.1, 0.15) is 19.3 Å². The average Bonchev–Trinajstić information content (AvgIpc) is 2.91. The van der Waals surface area contributed by atoms with E-state index >= 15 is 0 Å². The van der Waals surface area contributed by atoms with Crippen LogP contribution in [0.15, 0.2) is 0 Å². The summed E-state index contributed by atoms with van der Waals surface area (Å²) in [7, 11) is -3.33. The Kier molecular flexibility index (Phi) is 2.59. The largest absolute Gasteiger partial charge is 0.302 e.